The molecule has 0 amide bonds. The Morgan fingerprint density at radius 3 is 2.38 bits per heavy atom. The van der Waals surface area contributed by atoms with Crippen LogP contribution in [0.2, 0.25) is 0 Å². The van der Waals surface area contributed by atoms with E-state index in [1.165, 1.54) is 6.92 Å². The average molecular weight is 213 g/mol. The normalized spacial score (nSPS) is 11.6. The van der Waals surface area contributed by atoms with Gasteiger partial charge in [-0.15, -0.1) is 0 Å². The lowest BCUT2D eigenvalue weighted by molar-refractivity contribution is -0.113. The quantitative estimate of drug-likeness (QED) is 0.569. The molecule has 2 nitrogen and oxygen atoms in total. The van der Waals surface area contributed by atoms with Crippen LogP contribution in [-0.2, 0) is 11.2 Å². The lowest BCUT2D eigenvalue weighted by atomic mass is 9.97. The van der Waals surface area contributed by atoms with E-state index in [2.05, 4.69) is 0 Å². The van der Waals surface area contributed by atoms with E-state index >= 15 is 0 Å². The predicted molar refractivity (Wildman–Crippen MR) is 63.8 cm³/mol. The van der Waals surface area contributed by atoms with Crippen LogP contribution < -0.4 is 0 Å². The number of benzene rings is 1. The van der Waals surface area contributed by atoms with Crippen molar-refractivity contribution in [3.8, 4) is 6.07 Å². The SMILES string of the molecule is CC/C(Cc1ccccc1)=C(\C#N)C(C)=O. The first kappa shape index (κ1) is 12.2. The van der Waals surface area contributed by atoms with Gasteiger partial charge in [-0.25, -0.2) is 0 Å². The topological polar surface area (TPSA) is 40.9 Å². The summed E-state index contributed by atoms with van der Waals surface area (Å²) in [6.45, 7) is 3.41. The number of allylic oxidation sites excluding steroid dienone is 2. The van der Waals surface area contributed by atoms with Crippen molar-refractivity contribution in [3.05, 3.63) is 47.0 Å². The molecule has 0 unspecified atom stereocenters. The Labute approximate surface area is 96.2 Å². The number of hydrogen-bond donors (Lipinski definition) is 0. The minimum atomic E-state index is -0.143. The highest BCUT2D eigenvalue weighted by Gasteiger charge is 2.09. The summed E-state index contributed by atoms with van der Waals surface area (Å²) in [6, 6.07) is 11.9. The molecule has 16 heavy (non-hydrogen) atoms. The van der Waals surface area contributed by atoms with Crippen molar-refractivity contribution in [2.45, 2.75) is 26.7 Å². The summed E-state index contributed by atoms with van der Waals surface area (Å²) in [5, 5.41) is 8.95. The first-order valence-electron chi connectivity index (χ1n) is 5.36. The van der Waals surface area contributed by atoms with Gasteiger partial charge < -0.3 is 0 Å². The molecule has 82 valence electrons. The number of hydrogen-bond acceptors (Lipinski definition) is 2. The number of ketones is 1. The number of carbonyl (C=O) groups excluding carboxylic acids is 1. The van der Waals surface area contributed by atoms with Crippen LogP contribution in [0.1, 0.15) is 25.8 Å². The maximum atomic E-state index is 11.3. The van der Waals surface area contributed by atoms with Gasteiger partial charge in [0.05, 0.1) is 5.57 Å². The predicted octanol–water partition coefficient (Wildman–Crippen LogP) is 3.05. The third-order valence-corrected chi connectivity index (χ3v) is 2.50. The lowest BCUT2D eigenvalue weighted by Gasteiger charge is -2.06. The molecule has 0 heterocycles. The summed E-state index contributed by atoms with van der Waals surface area (Å²) in [5.74, 6) is -0.143. The fraction of sp³-hybridized carbons (Fsp3) is 0.286. The largest absolute Gasteiger partial charge is 0.294 e. The van der Waals surface area contributed by atoms with Crippen molar-refractivity contribution in [2.75, 3.05) is 0 Å². The highest BCUT2D eigenvalue weighted by molar-refractivity contribution is 5.97. The summed E-state index contributed by atoms with van der Waals surface area (Å²) < 4.78 is 0. The molecule has 0 bridgehead atoms. The van der Waals surface area contributed by atoms with Gasteiger partial charge in [-0.2, -0.15) is 5.26 Å². The van der Waals surface area contributed by atoms with Gasteiger partial charge in [0, 0.05) is 0 Å². The molecule has 1 rings (SSSR count). The second kappa shape index (κ2) is 5.87. The molecule has 0 N–H and O–H groups in total. The Hall–Kier alpha value is -1.88. The summed E-state index contributed by atoms with van der Waals surface area (Å²) in [6.07, 6.45) is 1.41. The smallest absolute Gasteiger partial charge is 0.170 e. The zero-order valence-corrected chi connectivity index (χ0v) is 9.66. The van der Waals surface area contributed by atoms with Gasteiger partial charge in [-0.3, -0.25) is 4.79 Å². The maximum Gasteiger partial charge on any atom is 0.170 e. The van der Waals surface area contributed by atoms with E-state index in [1.54, 1.807) is 0 Å². The van der Waals surface area contributed by atoms with E-state index in [0.717, 1.165) is 17.6 Å². The van der Waals surface area contributed by atoms with Gasteiger partial charge in [0.15, 0.2) is 5.78 Å². The first-order chi connectivity index (χ1) is 7.69. The number of nitriles is 1. The van der Waals surface area contributed by atoms with E-state index < -0.39 is 0 Å². The summed E-state index contributed by atoms with van der Waals surface area (Å²) in [7, 11) is 0. The molecule has 0 atom stereocenters. The maximum absolute atomic E-state index is 11.3. The Balaban J connectivity index is 3.01. The number of carbonyl (C=O) groups is 1. The van der Waals surface area contributed by atoms with E-state index in [4.69, 9.17) is 5.26 Å². The molecule has 0 aliphatic carbocycles. The van der Waals surface area contributed by atoms with Crippen LogP contribution in [0.15, 0.2) is 41.5 Å². The monoisotopic (exact) mass is 213 g/mol. The molecule has 0 spiro atoms. The number of rotatable bonds is 4. The molecule has 0 aromatic heterocycles. The molecule has 0 saturated carbocycles. The second-order valence-electron chi connectivity index (χ2n) is 3.66. The Morgan fingerprint density at radius 1 is 1.31 bits per heavy atom. The Kier molecular flexibility index (Phi) is 4.47. The van der Waals surface area contributed by atoms with Crippen LogP contribution in [0.4, 0.5) is 0 Å². The average Bonchev–Trinajstić information content (AvgIpc) is 2.29. The third kappa shape index (κ3) is 3.06. The van der Waals surface area contributed by atoms with Crippen LogP contribution in [0.25, 0.3) is 0 Å². The molecule has 0 aliphatic heterocycles. The molecule has 1 aromatic carbocycles. The summed E-state index contributed by atoms with van der Waals surface area (Å²) in [4.78, 5) is 11.3. The standard InChI is InChI=1S/C14H15NO/c1-3-13(14(10-15)11(2)16)9-12-7-5-4-6-8-12/h4-8H,3,9H2,1-2H3/b14-13-. The van der Waals surface area contributed by atoms with Crippen LogP contribution in [0, 0.1) is 11.3 Å². The van der Waals surface area contributed by atoms with Crippen molar-refractivity contribution in [1.29, 1.82) is 5.26 Å². The van der Waals surface area contributed by atoms with E-state index in [-0.39, 0.29) is 5.78 Å². The van der Waals surface area contributed by atoms with Crippen molar-refractivity contribution in [3.63, 3.8) is 0 Å². The van der Waals surface area contributed by atoms with Gasteiger partial charge >= 0.3 is 0 Å². The molecule has 0 aliphatic rings. The third-order valence-electron chi connectivity index (χ3n) is 2.50. The van der Waals surface area contributed by atoms with E-state index in [1.807, 2.05) is 43.3 Å². The molecular formula is C14H15NO. The van der Waals surface area contributed by atoms with Crippen molar-refractivity contribution in [2.24, 2.45) is 0 Å². The highest BCUT2D eigenvalue weighted by Crippen LogP contribution is 2.15. The molecule has 0 radical (unpaired) electrons. The number of nitrogens with zero attached hydrogens (tertiary/aromatic N) is 1. The lowest BCUT2D eigenvalue weighted by Crippen LogP contribution is -2.02. The van der Waals surface area contributed by atoms with Crippen LogP contribution in [0.5, 0.6) is 0 Å². The van der Waals surface area contributed by atoms with Crippen molar-refractivity contribution >= 4 is 5.78 Å². The van der Waals surface area contributed by atoms with Crippen molar-refractivity contribution in [1.82, 2.24) is 0 Å². The number of Topliss-reactive ketones (excluding diaryl/α,β-unsaturated/α-hetero) is 1. The summed E-state index contributed by atoms with van der Waals surface area (Å²) >= 11 is 0. The molecule has 2 heteroatoms. The van der Waals surface area contributed by atoms with Gasteiger partial charge in [0.25, 0.3) is 0 Å². The molecular weight excluding hydrogens is 198 g/mol. The summed E-state index contributed by atoms with van der Waals surface area (Å²) in [5.41, 5.74) is 2.36. The fourth-order valence-electron chi connectivity index (χ4n) is 1.64. The van der Waals surface area contributed by atoms with E-state index in [0.29, 0.717) is 12.0 Å². The van der Waals surface area contributed by atoms with Crippen LogP contribution in [0.3, 0.4) is 0 Å². The van der Waals surface area contributed by atoms with Crippen LogP contribution >= 0.6 is 0 Å². The van der Waals surface area contributed by atoms with Crippen molar-refractivity contribution < 1.29 is 4.79 Å². The Morgan fingerprint density at radius 2 is 1.94 bits per heavy atom. The minimum Gasteiger partial charge on any atom is -0.294 e. The highest BCUT2D eigenvalue weighted by atomic mass is 16.1. The molecule has 0 saturated heterocycles. The first-order valence-corrected chi connectivity index (χ1v) is 5.36. The van der Waals surface area contributed by atoms with Gasteiger partial charge in [-0.05, 0) is 30.9 Å². The van der Waals surface area contributed by atoms with Crippen LogP contribution in [-0.4, -0.2) is 5.78 Å². The van der Waals surface area contributed by atoms with Gasteiger partial charge in [0.2, 0.25) is 0 Å². The molecule has 1 aromatic rings. The van der Waals surface area contributed by atoms with Gasteiger partial charge in [0.1, 0.15) is 6.07 Å². The molecule has 0 fully saturated rings. The minimum absolute atomic E-state index is 0.143. The van der Waals surface area contributed by atoms with Gasteiger partial charge in [-0.1, -0.05) is 37.3 Å². The second-order valence-corrected chi connectivity index (χ2v) is 3.66. The fourth-order valence-corrected chi connectivity index (χ4v) is 1.64. The Bertz CT molecular complexity index is 438. The zero-order valence-electron chi connectivity index (χ0n) is 9.66. The zero-order chi connectivity index (χ0) is 12.0. The van der Waals surface area contributed by atoms with E-state index in [9.17, 15) is 4.79 Å².